The van der Waals surface area contributed by atoms with Crippen molar-refractivity contribution in [2.24, 2.45) is 0 Å². The van der Waals surface area contributed by atoms with E-state index in [1.807, 2.05) is 57.3 Å². The van der Waals surface area contributed by atoms with E-state index in [2.05, 4.69) is 21.2 Å². The van der Waals surface area contributed by atoms with Gasteiger partial charge in [-0.15, -0.1) is 0 Å². The van der Waals surface area contributed by atoms with Gasteiger partial charge in [-0.1, -0.05) is 12.1 Å². The molecule has 4 heterocycles. The number of hydrogen-bond acceptors (Lipinski definition) is 7. The van der Waals surface area contributed by atoms with Gasteiger partial charge in [-0.05, 0) is 75.2 Å². The smallest absolute Gasteiger partial charge is 0.337 e. The Kier molecular flexibility index (Phi) is 6.18. The summed E-state index contributed by atoms with van der Waals surface area (Å²) in [5.74, 6) is -0.295. The summed E-state index contributed by atoms with van der Waals surface area (Å²) < 4.78 is 1.61. The molecule has 3 atom stereocenters. The minimum Gasteiger partial charge on any atom is -0.478 e. The van der Waals surface area contributed by atoms with Crippen LogP contribution in [0.3, 0.4) is 0 Å². The molecule has 2 aromatic carbocycles. The lowest BCUT2D eigenvalue weighted by atomic mass is 10.1. The molecule has 2 fully saturated rings. The fourth-order valence-electron chi connectivity index (χ4n) is 6.16. The van der Waals surface area contributed by atoms with Crippen LogP contribution >= 0.6 is 0 Å². The summed E-state index contributed by atoms with van der Waals surface area (Å²) in [6.45, 7) is 7.31. The summed E-state index contributed by atoms with van der Waals surface area (Å²) in [6.07, 6.45) is 2.79. The molecule has 4 aromatic rings. The zero-order valence-electron chi connectivity index (χ0n) is 22.6. The maximum Gasteiger partial charge on any atom is 0.337 e. The van der Waals surface area contributed by atoms with Crippen molar-refractivity contribution in [3.8, 4) is 6.07 Å². The van der Waals surface area contributed by atoms with Gasteiger partial charge in [-0.3, -0.25) is 9.20 Å². The summed E-state index contributed by atoms with van der Waals surface area (Å²) in [5, 5.41) is 22.1. The lowest BCUT2D eigenvalue weighted by Gasteiger charge is -2.37. The second-order valence-electron chi connectivity index (χ2n) is 10.8. The van der Waals surface area contributed by atoms with E-state index in [-0.39, 0.29) is 23.2 Å². The minimum absolute atomic E-state index is 0.102. The van der Waals surface area contributed by atoms with Gasteiger partial charge in [-0.2, -0.15) is 5.26 Å². The van der Waals surface area contributed by atoms with Crippen LogP contribution in [0, 0.1) is 25.2 Å². The van der Waals surface area contributed by atoms with Gasteiger partial charge in [-0.25, -0.2) is 9.78 Å². The predicted octanol–water partition coefficient (Wildman–Crippen LogP) is 4.52. The highest BCUT2D eigenvalue weighted by Gasteiger charge is 2.44. The maximum absolute atomic E-state index is 13.6. The number of benzene rings is 2. The Morgan fingerprint density at radius 3 is 2.48 bits per heavy atom. The number of hydrogen-bond donors (Lipinski definition) is 2. The SMILES string of the molecule is Cc1cc([C@@H](C)Nc2ccccc2C(=O)O)c2nc(N3C[C@H]4C[C@@H]3CN4c3ccc(C#N)cc3)c(C)c(=O)n2c1. The highest BCUT2D eigenvalue weighted by Crippen LogP contribution is 2.38. The lowest BCUT2D eigenvalue weighted by Crippen LogP contribution is -2.47. The molecule has 0 amide bonds. The van der Waals surface area contributed by atoms with Crippen molar-refractivity contribution in [1.29, 1.82) is 5.26 Å². The Bertz CT molecular complexity index is 1740. The van der Waals surface area contributed by atoms with Crippen molar-refractivity contribution < 1.29 is 9.90 Å². The van der Waals surface area contributed by atoms with Crippen molar-refractivity contribution in [1.82, 2.24) is 9.38 Å². The number of aromatic nitrogens is 2. The molecule has 2 bridgehead atoms. The van der Waals surface area contributed by atoms with Crippen LogP contribution in [0.4, 0.5) is 17.2 Å². The number of piperazine rings is 1. The quantitative estimate of drug-likeness (QED) is 0.371. The lowest BCUT2D eigenvalue weighted by molar-refractivity contribution is 0.0698. The van der Waals surface area contributed by atoms with Gasteiger partial charge in [0, 0.05) is 42.3 Å². The second kappa shape index (κ2) is 9.72. The first-order chi connectivity index (χ1) is 19.2. The molecule has 0 unspecified atom stereocenters. The number of para-hydroxylation sites is 1. The molecule has 2 saturated heterocycles. The van der Waals surface area contributed by atoms with Crippen LogP contribution in [0.25, 0.3) is 5.65 Å². The Hall–Kier alpha value is -4.84. The van der Waals surface area contributed by atoms with Gasteiger partial charge in [0.05, 0.1) is 34.8 Å². The molecule has 9 heteroatoms. The van der Waals surface area contributed by atoms with Gasteiger partial charge in [0.15, 0.2) is 0 Å². The van der Waals surface area contributed by atoms with E-state index in [0.29, 0.717) is 34.3 Å². The number of nitrogens with one attached hydrogen (secondary N) is 1. The Morgan fingerprint density at radius 2 is 1.80 bits per heavy atom. The average Bonchev–Trinajstić information content (AvgIpc) is 3.56. The Labute approximate surface area is 231 Å². The number of aryl methyl sites for hydroxylation is 1. The number of anilines is 3. The highest BCUT2D eigenvalue weighted by molar-refractivity contribution is 5.94. The fourth-order valence-corrected chi connectivity index (χ4v) is 6.16. The molecular weight excluding hydrogens is 504 g/mol. The van der Waals surface area contributed by atoms with Crippen molar-refractivity contribution in [3.05, 3.63) is 99.0 Å². The molecule has 2 N–H and O–H groups in total. The summed E-state index contributed by atoms with van der Waals surface area (Å²) in [7, 11) is 0. The normalized spacial score (nSPS) is 18.6. The molecule has 202 valence electrons. The molecule has 0 saturated carbocycles. The first-order valence-corrected chi connectivity index (χ1v) is 13.4. The fraction of sp³-hybridized carbons (Fsp3) is 0.290. The van der Waals surface area contributed by atoms with E-state index >= 15 is 0 Å². The predicted molar refractivity (Wildman–Crippen MR) is 154 cm³/mol. The van der Waals surface area contributed by atoms with Crippen LogP contribution in [0.5, 0.6) is 0 Å². The molecule has 6 rings (SSSR count). The average molecular weight is 535 g/mol. The van der Waals surface area contributed by atoms with E-state index in [9.17, 15) is 14.7 Å². The third kappa shape index (κ3) is 4.22. The first-order valence-electron chi connectivity index (χ1n) is 13.4. The topological polar surface area (TPSA) is 114 Å². The van der Waals surface area contributed by atoms with Gasteiger partial charge in [0.25, 0.3) is 5.56 Å². The van der Waals surface area contributed by atoms with Gasteiger partial charge >= 0.3 is 5.97 Å². The number of carboxylic acids is 1. The number of fused-ring (bicyclic) bond motifs is 3. The molecule has 2 aliphatic rings. The van der Waals surface area contributed by atoms with Crippen molar-refractivity contribution in [2.45, 2.75) is 45.3 Å². The van der Waals surface area contributed by atoms with Crippen LogP contribution in [-0.2, 0) is 0 Å². The minimum atomic E-state index is -1.00. The van der Waals surface area contributed by atoms with Gasteiger partial charge in [0.1, 0.15) is 11.5 Å². The van der Waals surface area contributed by atoms with Gasteiger partial charge in [0.2, 0.25) is 0 Å². The zero-order valence-corrected chi connectivity index (χ0v) is 22.6. The molecule has 0 aliphatic carbocycles. The molecule has 40 heavy (non-hydrogen) atoms. The summed E-state index contributed by atoms with van der Waals surface area (Å²) >= 11 is 0. The molecule has 0 spiro atoms. The van der Waals surface area contributed by atoms with E-state index in [1.165, 1.54) is 0 Å². The van der Waals surface area contributed by atoms with E-state index in [4.69, 9.17) is 10.2 Å². The number of carbonyl (C=O) groups is 1. The standard InChI is InChI=1S/C31H30N6O3/c1-18-12-26(20(3)33-27-7-5-4-6-25(27)31(39)40)29-34-28(19(2)30(38)37(29)15-18)36-17-23-13-24(36)16-35(23)22-10-8-21(14-32)9-11-22/h4-12,15,20,23-24,33H,13,16-17H2,1-3H3,(H,39,40)/t20-,23-,24-/m1/s1. The number of nitriles is 1. The van der Waals surface area contributed by atoms with E-state index < -0.39 is 5.97 Å². The summed E-state index contributed by atoms with van der Waals surface area (Å²) in [6, 6.07) is 18.9. The first kappa shape index (κ1) is 25.4. The van der Waals surface area contributed by atoms with Gasteiger partial charge < -0.3 is 20.2 Å². The third-order valence-corrected chi connectivity index (χ3v) is 8.13. The second-order valence-corrected chi connectivity index (χ2v) is 10.8. The number of rotatable bonds is 6. The summed E-state index contributed by atoms with van der Waals surface area (Å²) in [5.41, 5.74) is 5.26. The zero-order chi connectivity index (χ0) is 28.1. The molecule has 2 aliphatic heterocycles. The molecule has 2 aromatic heterocycles. The van der Waals surface area contributed by atoms with Crippen LogP contribution in [0.15, 0.2) is 65.6 Å². The largest absolute Gasteiger partial charge is 0.478 e. The summed E-state index contributed by atoms with van der Waals surface area (Å²) in [4.78, 5) is 35.2. The van der Waals surface area contributed by atoms with Crippen LogP contribution < -0.4 is 20.7 Å². The van der Waals surface area contributed by atoms with Crippen molar-refractivity contribution in [2.75, 3.05) is 28.2 Å². The van der Waals surface area contributed by atoms with Crippen LogP contribution in [0.2, 0.25) is 0 Å². The number of carboxylic acid groups (broad SMARTS) is 1. The highest BCUT2D eigenvalue weighted by atomic mass is 16.4. The van der Waals surface area contributed by atoms with Crippen molar-refractivity contribution in [3.63, 3.8) is 0 Å². The molecule has 9 nitrogen and oxygen atoms in total. The van der Waals surface area contributed by atoms with E-state index in [1.54, 1.807) is 28.7 Å². The third-order valence-electron chi connectivity index (χ3n) is 8.13. The molecule has 0 radical (unpaired) electrons. The number of aromatic carboxylic acids is 1. The Morgan fingerprint density at radius 1 is 1.10 bits per heavy atom. The van der Waals surface area contributed by atoms with Crippen LogP contribution in [-0.4, -0.2) is 45.6 Å². The van der Waals surface area contributed by atoms with Crippen molar-refractivity contribution >= 4 is 28.8 Å². The monoisotopic (exact) mass is 534 g/mol. The number of pyridine rings is 1. The Balaban J connectivity index is 1.35. The van der Waals surface area contributed by atoms with E-state index in [0.717, 1.165) is 36.3 Å². The van der Waals surface area contributed by atoms with Crippen LogP contribution in [0.1, 0.15) is 52.0 Å². The number of nitrogens with zero attached hydrogens (tertiary/aromatic N) is 5. The maximum atomic E-state index is 13.6. The molecular formula is C31H30N6O3.